The molecular formula is C26H28N4O7S2. The van der Waals surface area contributed by atoms with Crippen LogP contribution in [-0.4, -0.2) is 56.8 Å². The molecule has 13 heteroatoms. The number of nitrogen functional groups attached to an aromatic ring is 1. The summed E-state index contributed by atoms with van der Waals surface area (Å²) in [4.78, 5) is 31.7. The van der Waals surface area contributed by atoms with Crippen LogP contribution in [0.4, 0.5) is 0 Å². The molecule has 0 radical (unpaired) electrons. The Balaban J connectivity index is 0.000000216. The molecule has 2 aromatic carbocycles. The minimum atomic E-state index is -3.55. The van der Waals surface area contributed by atoms with Crippen molar-refractivity contribution in [3.05, 3.63) is 72.1 Å². The summed E-state index contributed by atoms with van der Waals surface area (Å²) in [5.74, 6) is 3.41. The lowest BCUT2D eigenvalue weighted by molar-refractivity contribution is 0.0515. The van der Waals surface area contributed by atoms with E-state index in [0.29, 0.717) is 21.8 Å². The topological polar surface area (TPSA) is 175 Å². The van der Waals surface area contributed by atoms with E-state index in [1.807, 2.05) is 5.43 Å². The highest BCUT2D eigenvalue weighted by Crippen LogP contribution is 2.23. The molecule has 0 aliphatic heterocycles. The van der Waals surface area contributed by atoms with Gasteiger partial charge in [0.1, 0.15) is 10.6 Å². The monoisotopic (exact) mass is 572 g/mol. The number of aromatic nitrogens is 2. The van der Waals surface area contributed by atoms with Gasteiger partial charge in [0.25, 0.3) is 5.91 Å². The first-order valence-electron chi connectivity index (χ1n) is 11.9. The summed E-state index contributed by atoms with van der Waals surface area (Å²) >= 11 is 0. The Bertz CT molecular complexity index is 1760. The van der Waals surface area contributed by atoms with E-state index in [4.69, 9.17) is 10.6 Å². The van der Waals surface area contributed by atoms with E-state index in [1.54, 1.807) is 55.5 Å². The third kappa shape index (κ3) is 6.56. The van der Waals surface area contributed by atoms with Crippen LogP contribution < -0.4 is 11.3 Å². The largest absolute Gasteiger partial charge is 0.461 e. The highest BCUT2D eigenvalue weighted by Gasteiger charge is 2.25. The molecule has 4 rings (SSSR count). The predicted molar refractivity (Wildman–Crippen MR) is 147 cm³/mol. The second-order valence-corrected chi connectivity index (χ2v) is 12.5. The zero-order valence-electron chi connectivity index (χ0n) is 21.5. The fourth-order valence-corrected chi connectivity index (χ4v) is 5.65. The van der Waals surface area contributed by atoms with Crippen molar-refractivity contribution in [2.45, 2.75) is 30.6 Å². The second-order valence-electron chi connectivity index (χ2n) is 8.06. The number of benzene rings is 2. The first kappa shape index (κ1) is 29.6. The zero-order valence-corrected chi connectivity index (χ0v) is 23.2. The average Bonchev–Trinajstić information content (AvgIpc) is 2.95. The Kier molecular flexibility index (Phi) is 9.32. The van der Waals surface area contributed by atoms with Gasteiger partial charge in [-0.25, -0.2) is 37.4 Å². The SMILES string of the molecule is CCOC(=O)c1nc2ccccc2cc1S(=O)(=O)CC.CCS(=O)(=O)c1cc2ccccc2nc1C(=O)NN. The predicted octanol–water partition coefficient (Wildman–Crippen LogP) is 2.84. The Morgan fingerprint density at radius 3 is 1.64 bits per heavy atom. The van der Waals surface area contributed by atoms with Crippen LogP contribution in [-0.2, 0) is 24.4 Å². The molecule has 4 aromatic rings. The molecule has 0 saturated carbocycles. The number of hydrogen-bond acceptors (Lipinski definition) is 10. The maximum Gasteiger partial charge on any atom is 0.358 e. The quantitative estimate of drug-likeness (QED) is 0.145. The van der Waals surface area contributed by atoms with Crippen LogP contribution in [0.3, 0.4) is 0 Å². The van der Waals surface area contributed by atoms with Gasteiger partial charge in [0, 0.05) is 10.8 Å². The summed E-state index contributed by atoms with van der Waals surface area (Å²) in [7, 11) is -7.10. The number of esters is 1. The van der Waals surface area contributed by atoms with Crippen LogP contribution in [0.2, 0.25) is 0 Å². The van der Waals surface area contributed by atoms with E-state index in [1.165, 1.54) is 26.0 Å². The Hall–Kier alpha value is -3.94. The minimum absolute atomic E-state index is 0.0721. The first-order chi connectivity index (χ1) is 18.5. The number of nitrogens with one attached hydrogen (secondary N) is 1. The van der Waals surface area contributed by atoms with Crippen molar-refractivity contribution in [1.29, 1.82) is 0 Å². The van der Waals surface area contributed by atoms with Crippen molar-refractivity contribution in [2.24, 2.45) is 5.84 Å². The van der Waals surface area contributed by atoms with Crippen molar-refractivity contribution < 1.29 is 31.2 Å². The lowest BCUT2D eigenvalue weighted by atomic mass is 10.2. The number of hydrogen-bond donors (Lipinski definition) is 2. The van der Waals surface area contributed by atoms with Crippen LogP contribution >= 0.6 is 0 Å². The number of hydrazine groups is 1. The molecule has 11 nitrogen and oxygen atoms in total. The Morgan fingerprint density at radius 1 is 0.769 bits per heavy atom. The molecule has 0 aliphatic rings. The van der Waals surface area contributed by atoms with E-state index >= 15 is 0 Å². The minimum Gasteiger partial charge on any atom is -0.461 e. The number of nitrogens with zero attached hydrogens (tertiary/aromatic N) is 2. The summed E-state index contributed by atoms with van der Waals surface area (Å²) in [5.41, 5.74) is 2.69. The fraction of sp³-hybridized carbons (Fsp3) is 0.231. The van der Waals surface area contributed by atoms with Crippen LogP contribution in [0.25, 0.3) is 21.8 Å². The maximum absolute atomic E-state index is 12.1. The van der Waals surface area contributed by atoms with E-state index in [2.05, 4.69) is 9.97 Å². The summed E-state index contributed by atoms with van der Waals surface area (Å²) in [6.07, 6.45) is 0. The number of fused-ring (bicyclic) bond motifs is 2. The molecular weight excluding hydrogens is 544 g/mol. The number of amides is 1. The normalized spacial score (nSPS) is 11.5. The van der Waals surface area contributed by atoms with Gasteiger partial charge < -0.3 is 4.74 Å². The van der Waals surface area contributed by atoms with E-state index in [0.717, 1.165) is 0 Å². The molecule has 3 N–H and O–H groups in total. The van der Waals surface area contributed by atoms with Crippen LogP contribution in [0.1, 0.15) is 41.7 Å². The van der Waals surface area contributed by atoms with Gasteiger partial charge in [-0.1, -0.05) is 50.2 Å². The van der Waals surface area contributed by atoms with Crippen LogP contribution in [0, 0.1) is 0 Å². The van der Waals surface area contributed by atoms with Crippen molar-refractivity contribution in [1.82, 2.24) is 15.4 Å². The summed E-state index contributed by atoms with van der Waals surface area (Å²) < 4.78 is 53.2. The van der Waals surface area contributed by atoms with Crippen molar-refractivity contribution in [3.8, 4) is 0 Å². The van der Waals surface area contributed by atoms with Crippen molar-refractivity contribution in [2.75, 3.05) is 18.1 Å². The molecule has 2 aromatic heterocycles. The molecule has 0 aliphatic carbocycles. The van der Waals surface area contributed by atoms with Crippen molar-refractivity contribution in [3.63, 3.8) is 0 Å². The molecule has 206 valence electrons. The molecule has 0 unspecified atom stereocenters. The Labute approximate surface area is 226 Å². The highest BCUT2D eigenvalue weighted by molar-refractivity contribution is 7.91. The lowest BCUT2D eigenvalue weighted by Crippen LogP contribution is -2.32. The lowest BCUT2D eigenvalue weighted by Gasteiger charge is -2.09. The van der Waals surface area contributed by atoms with E-state index in [-0.39, 0.29) is 39.3 Å². The fourth-order valence-electron chi connectivity index (χ4n) is 3.55. The summed E-state index contributed by atoms with van der Waals surface area (Å²) in [6.45, 7) is 4.86. The molecule has 0 atom stereocenters. The number of pyridine rings is 2. The third-order valence-electron chi connectivity index (χ3n) is 5.62. The molecule has 0 spiro atoms. The average molecular weight is 573 g/mol. The number of sulfone groups is 2. The first-order valence-corrected chi connectivity index (χ1v) is 15.2. The molecule has 0 saturated heterocycles. The van der Waals surface area contributed by atoms with Gasteiger partial charge in [-0.3, -0.25) is 10.2 Å². The number of carbonyl (C=O) groups excluding carboxylic acids is 2. The zero-order chi connectivity index (χ0) is 28.8. The van der Waals surface area contributed by atoms with Crippen LogP contribution in [0.5, 0.6) is 0 Å². The number of rotatable bonds is 7. The van der Waals surface area contributed by atoms with Gasteiger partial charge in [0.05, 0.1) is 34.0 Å². The van der Waals surface area contributed by atoms with E-state index in [9.17, 15) is 26.4 Å². The highest BCUT2D eigenvalue weighted by atomic mass is 32.2. The van der Waals surface area contributed by atoms with Gasteiger partial charge in [0.2, 0.25) is 0 Å². The van der Waals surface area contributed by atoms with Gasteiger partial charge in [-0.15, -0.1) is 0 Å². The second kappa shape index (κ2) is 12.3. The number of carbonyl (C=O) groups is 2. The number of ether oxygens (including phenoxy) is 1. The number of nitrogens with two attached hydrogens (primary N) is 1. The van der Waals surface area contributed by atoms with Gasteiger partial charge in [-0.2, -0.15) is 0 Å². The molecule has 39 heavy (non-hydrogen) atoms. The van der Waals surface area contributed by atoms with Crippen molar-refractivity contribution >= 4 is 53.4 Å². The van der Waals surface area contributed by atoms with Gasteiger partial charge in [-0.05, 0) is 31.2 Å². The summed E-state index contributed by atoms with van der Waals surface area (Å²) in [6, 6.07) is 16.9. The van der Waals surface area contributed by atoms with Crippen LogP contribution in [0.15, 0.2) is 70.5 Å². The van der Waals surface area contributed by atoms with Gasteiger partial charge in [0.15, 0.2) is 25.4 Å². The smallest absolute Gasteiger partial charge is 0.358 e. The molecule has 2 heterocycles. The standard InChI is InChI=1S/C14H15NO4S.C12H13N3O3S/c1-3-19-14(16)13-12(20(17,18)4-2)9-10-7-5-6-8-11(10)15-13;1-2-19(17,18)10-7-8-5-3-4-6-9(8)14-11(10)12(16)15-13/h5-9H,3-4H2,1-2H3;3-7H,2,13H2,1H3,(H,15,16). The maximum atomic E-state index is 12.1. The number of para-hydroxylation sites is 2. The Morgan fingerprint density at radius 2 is 1.21 bits per heavy atom. The molecule has 0 bridgehead atoms. The summed E-state index contributed by atoms with van der Waals surface area (Å²) in [5, 5.41) is 1.33. The third-order valence-corrected chi connectivity index (χ3v) is 9.11. The van der Waals surface area contributed by atoms with E-state index < -0.39 is 31.6 Å². The van der Waals surface area contributed by atoms with Gasteiger partial charge >= 0.3 is 5.97 Å². The molecule has 0 fully saturated rings. The molecule has 1 amide bonds.